The first-order valence-electron chi connectivity index (χ1n) is 9.27. The molecule has 4 saturated carbocycles. The van der Waals surface area contributed by atoms with Crippen molar-refractivity contribution in [2.45, 2.75) is 44.6 Å². The smallest absolute Gasteiger partial charge is 0.406 e. The molecule has 4 bridgehead atoms. The second-order valence-corrected chi connectivity index (χ2v) is 7.84. The lowest BCUT2D eigenvalue weighted by molar-refractivity contribution is -0.274. The predicted octanol–water partition coefficient (Wildman–Crippen LogP) is 3.70. The van der Waals surface area contributed by atoms with E-state index in [1.807, 2.05) is 0 Å². The van der Waals surface area contributed by atoms with Gasteiger partial charge in [0.2, 0.25) is 0 Å². The third kappa shape index (κ3) is 3.95. The largest absolute Gasteiger partial charge is 0.573 e. The lowest BCUT2D eigenvalue weighted by atomic mass is 9.79. The molecule has 6 heteroatoms. The van der Waals surface area contributed by atoms with E-state index >= 15 is 0 Å². The van der Waals surface area contributed by atoms with Gasteiger partial charge in [-0.25, -0.2) is 0 Å². The number of benzene rings is 1. The minimum absolute atomic E-state index is 0.164. The topological polar surface area (TPSA) is 33.3 Å². The van der Waals surface area contributed by atoms with Crippen LogP contribution in [0.25, 0.3) is 0 Å². The van der Waals surface area contributed by atoms with Crippen LogP contribution in [0.2, 0.25) is 0 Å². The third-order valence-corrected chi connectivity index (χ3v) is 6.20. The third-order valence-electron chi connectivity index (χ3n) is 6.20. The Labute approximate surface area is 146 Å². The summed E-state index contributed by atoms with van der Waals surface area (Å²) in [6, 6.07) is 6.83. The van der Waals surface area contributed by atoms with Crippen LogP contribution in [-0.2, 0) is 6.54 Å². The van der Waals surface area contributed by atoms with E-state index in [0.717, 1.165) is 42.3 Å². The van der Waals surface area contributed by atoms with E-state index < -0.39 is 6.36 Å². The molecule has 4 aliphatic rings. The molecular formula is C19H25F3N2O. The van der Waals surface area contributed by atoms with Gasteiger partial charge in [0.1, 0.15) is 5.75 Å². The fraction of sp³-hybridized carbons (Fsp3) is 0.684. The Bertz CT molecular complexity index is 603. The molecule has 138 valence electrons. The summed E-state index contributed by atoms with van der Waals surface area (Å²) >= 11 is 0. The number of hydrogen-bond acceptors (Lipinski definition) is 3. The highest BCUT2D eigenvalue weighted by atomic mass is 19.4. The number of nitrogens with one attached hydrogen (secondary N) is 2. The summed E-state index contributed by atoms with van der Waals surface area (Å²) in [5.74, 6) is 3.56. The molecule has 5 atom stereocenters. The van der Waals surface area contributed by atoms with Crippen molar-refractivity contribution in [2.24, 2.45) is 23.7 Å². The molecule has 5 unspecified atom stereocenters. The van der Waals surface area contributed by atoms with Crippen molar-refractivity contribution in [3.05, 3.63) is 29.8 Å². The summed E-state index contributed by atoms with van der Waals surface area (Å²) in [5, 5.41) is 7.04. The number of halogens is 3. The molecule has 1 aromatic carbocycles. The van der Waals surface area contributed by atoms with Crippen molar-refractivity contribution in [1.82, 2.24) is 10.6 Å². The van der Waals surface area contributed by atoms with Gasteiger partial charge in [0, 0.05) is 25.7 Å². The molecule has 0 amide bonds. The first-order chi connectivity index (χ1) is 12.0. The van der Waals surface area contributed by atoms with Gasteiger partial charge in [0.25, 0.3) is 0 Å². The SMILES string of the molecule is FC(F)(F)Oc1cccc(CNCCNC2C3CC4CC(C3)C2C4)c1. The highest BCUT2D eigenvalue weighted by Gasteiger charge is 2.53. The lowest BCUT2D eigenvalue weighted by Gasteiger charge is -2.33. The monoisotopic (exact) mass is 354 g/mol. The van der Waals surface area contributed by atoms with E-state index in [1.165, 1.54) is 37.8 Å². The van der Waals surface area contributed by atoms with Gasteiger partial charge in [-0.3, -0.25) is 0 Å². The average Bonchev–Trinajstić information content (AvgIpc) is 2.94. The van der Waals surface area contributed by atoms with E-state index in [2.05, 4.69) is 15.4 Å². The number of hydrogen-bond donors (Lipinski definition) is 2. The van der Waals surface area contributed by atoms with Gasteiger partial charge in [-0.05, 0) is 67.1 Å². The number of rotatable bonds is 7. The van der Waals surface area contributed by atoms with Crippen LogP contribution in [0.15, 0.2) is 24.3 Å². The van der Waals surface area contributed by atoms with Crippen molar-refractivity contribution in [3.8, 4) is 5.75 Å². The molecular weight excluding hydrogens is 329 g/mol. The zero-order valence-corrected chi connectivity index (χ0v) is 14.2. The Morgan fingerprint density at radius 3 is 2.68 bits per heavy atom. The quantitative estimate of drug-likeness (QED) is 0.733. The summed E-state index contributed by atoms with van der Waals surface area (Å²) < 4.78 is 40.7. The van der Waals surface area contributed by atoms with Crippen LogP contribution >= 0.6 is 0 Å². The van der Waals surface area contributed by atoms with E-state index in [1.54, 1.807) is 12.1 Å². The van der Waals surface area contributed by atoms with Gasteiger partial charge < -0.3 is 15.4 Å². The average molecular weight is 354 g/mol. The molecule has 2 N–H and O–H groups in total. The van der Waals surface area contributed by atoms with Gasteiger partial charge in [-0.1, -0.05) is 12.1 Å². The maximum Gasteiger partial charge on any atom is 0.573 e. The first kappa shape index (κ1) is 17.2. The zero-order valence-electron chi connectivity index (χ0n) is 14.2. The maximum absolute atomic E-state index is 12.3. The van der Waals surface area contributed by atoms with E-state index in [9.17, 15) is 13.2 Å². The van der Waals surface area contributed by atoms with Crippen LogP contribution in [0.4, 0.5) is 13.2 Å². The Morgan fingerprint density at radius 1 is 1.04 bits per heavy atom. The molecule has 4 fully saturated rings. The second-order valence-electron chi connectivity index (χ2n) is 7.84. The van der Waals surface area contributed by atoms with Crippen molar-refractivity contribution in [3.63, 3.8) is 0 Å². The van der Waals surface area contributed by atoms with Crippen LogP contribution in [0.3, 0.4) is 0 Å². The van der Waals surface area contributed by atoms with Gasteiger partial charge in [-0.15, -0.1) is 13.2 Å². The van der Waals surface area contributed by atoms with Gasteiger partial charge >= 0.3 is 6.36 Å². The summed E-state index contributed by atoms with van der Waals surface area (Å²) in [5.41, 5.74) is 0.792. The molecule has 0 spiro atoms. The highest BCUT2D eigenvalue weighted by Crippen LogP contribution is 2.57. The molecule has 4 aliphatic carbocycles. The van der Waals surface area contributed by atoms with Gasteiger partial charge in [0.15, 0.2) is 0 Å². The van der Waals surface area contributed by atoms with Crippen molar-refractivity contribution in [1.29, 1.82) is 0 Å². The Balaban J connectivity index is 1.18. The van der Waals surface area contributed by atoms with Crippen molar-refractivity contribution in [2.75, 3.05) is 13.1 Å². The zero-order chi connectivity index (χ0) is 17.4. The molecule has 3 nitrogen and oxygen atoms in total. The molecule has 0 aliphatic heterocycles. The predicted molar refractivity (Wildman–Crippen MR) is 89.1 cm³/mol. The highest BCUT2D eigenvalue weighted by molar-refractivity contribution is 5.28. The molecule has 25 heavy (non-hydrogen) atoms. The fourth-order valence-electron chi connectivity index (χ4n) is 5.47. The minimum atomic E-state index is -4.64. The van der Waals surface area contributed by atoms with Crippen LogP contribution in [0, 0.1) is 23.7 Å². The standard InChI is InChI=1S/C19H25F3N2O/c20-19(21,22)25-16-3-1-2-12(8-16)11-23-4-5-24-18-15-7-13-6-14(10-15)17(18)9-13/h1-3,8,13-15,17-18,23-24H,4-7,9-11H2. The molecule has 0 radical (unpaired) electrons. The van der Waals surface area contributed by atoms with Gasteiger partial charge in [0.05, 0.1) is 0 Å². The van der Waals surface area contributed by atoms with Crippen LogP contribution in [0.1, 0.15) is 31.2 Å². The summed E-state index contributed by atoms with van der Waals surface area (Å²) in [4.78, 5) is 0. The molecule has 1 aromatic rings. The fourth-order valence-corrected chi connectivity index (χ4v) is 5.47. The first-order valence-corrected chi connectivity index (χ1v) is 9.27. The Morgan fingerprint density at radius 2 is 1.88 bits per heavy atom. The van der Waals surface area contributed by atoms with Crippen molar-refractivity contribution < 1.29 is 17.9 Å². The molecule has 0 saturated heterocycles. The van der Waals surface area contributed by atoms with Crippen LogP contribution in [-0.4, -0.2) is 25.5 Å². The van der Waals surface area contributed by atoms with E-state index in [4.69, 9.17) is 0 Å². The minimum Gasteiger partial charge on any atom is -0.406 e. The molecule has 0 aromatic heterocycles. The number of ether oxygens (including phenoxy) is 1. The summed E-state index contributed by atoms with van der Waals surface area (Å²) in [7, 11) is 0. The lowest BCUT2D eigenvalue weighted by Crippen LogP contribution is -2.43. The number of alkyl halides is 3. The van der Waals surface area contributed by atoms with E-state index in [0.29, 0.717) is 12.6 Å². The maximum atomic E-state index is 12.3. The summed E-state index contributed by atoms with van der Waals surface area (Å²) in [6.07, 6.45) is 1.05. The normalized spacial score (nSPS) is 33.2. The summed E-state index contributed by atoms with van der Waals surface area (Å²) in [6.45, 7) is 2.27. The Kier molecular flexibility index (Phi) is 4.67. The molecule has 0 heterocycles. The van der Waals surface area contributed by atoms with Crippen molar-refractivity contribution >= 4 is 0 Å². The van der Waals surface area contributed by atoms with Gasteiger partial charge in [-0.2, -0.15) is 0 Å². The van der Waals surface area contributed by atoms with Crippen LogP contribution < -0.4 is 15.4 Å². The van der Waals surface area contributed by atoms with Crippen LogP contribution in [0.5, 0.6) is 5.75 Å². The molecule has 5 rings (SSSR count). The van der Waals surface area contributed by atoms with E-state index in [-0.39, 0.29) is 5.75 Å². The second kappa shape index (κ2) is 6.80. The Hall–Kier alpha value is -1.27.